The SMILES string of the molecule is NCC1(O)CC2(CCCCC2)Oc2ccccc21. The summed E-state index contributed by atoms with van der Waals surface area (Å²) in [6.07, 6.45) is 6.33. The van der Waals surface area contributed by atoms with Crippen molar-refractivity contribution in [2.45, 2.75) is 49.7 Å². The van der Waals surface area contributed by atoms with Crippen LogP contribution in [0.2, 0.25) is 0 Å². The first kappa shape index (κ1) is 12.0. The van der Waals surface area contributed by atoms with Crippen molar-refractivity contribution >= 4 is 0 Å². The minimum absolute atomic E-state index is 0.194. The second kappa shape index (κ2) is 4.25. The minimum Gasteiger partial charge on any atom is -0.487 e. The predicted octanol–water partition coefficient (Wildman–Crippen LogP) is 2.32. The molecule has 3 N–H and O–H groups in total. The van der Waals surface area contributed by atoms with E-state index in [1.54, 1.807) is 0 Å². The molecule has 1 fully saturated rings. The van der Waals surface area contributed by atoms with Crippen molar-refractivity contribution in [1.82, 2.24) is 0 Å². The molecule has 1 aromatic rings. The number of fused-ring (bicyclic) bond motifs is 1. The molecular weight excluding hydrogens is 226 g/mol. The normalized spacial score (nSPS) is 29.7. The van der Waals surface area contributed by atoms with E-state index in [9.17, 15) is 5.11 Å². The molecule has 2 aliphatic rings. The summed E-state index contributed by atoms with van der Waals surface area (Å²) in [5.74, 6) is 0.818. The molecule has 98 valence electrons. The Morgan fingerprint density at radius 3 is 2.61 bits per heavy atom. The highest BCUT2D eigenvalue weighted by molar-refractivity contribution is 5.41. The number of rotatable bonds is 1. The maximum Gasteiger partial charge on any atom is 0.126 e. The largest absolute Gasteiger partial charge is 0.487 e. The first-order valence-corrected chi connectivity index (χ1v) is 6.89. The van der Waals surface area contributed by atoms with Crippen LogP contribution in [0.5, 0.6) is 5.75 Å². The second-order valence-corrected chi connectivity index (χ2v) is 5.75. The van der Waals surface area contributed by atoms with Crippen LogP contribution >= 0.6 is 0 Å². The third kappa shape index (κ3) is 1.82. The van der Waals surface area contributed by atoms with Crippen molar-refractivity contribution in [2.75, 3.05) is 6.54 Å². The van der Waals surface area contributed by atoms with Crippen LogP contribution in [-0.2, 0) is 5.60 Å². The van der Waals surface area contributed by atoms with E-state index in [4.69, 9.17) is 10.5 Å². The molecule has 0 bridgehead atoms. The highest BCUT2D eigenvalue weighted by atomic mass is 16.5. The molecule has 1 atom stereocenters. The molecule has 18 heavy (non-hydrogen) atoms. The lowest BCUT2D eigenvalue weighted by atomic mass is 9.72. The summed E-state index contributed by atoms with van der Waals surface area (Å²) in [5.41, 5.74) is 5.57. The van der Waals surface area contributed by atoms with Gasteiger partial charge in [-0.2, -0.15) is 0 Å². The van der Waals surface area contributed by atoms with Crippen molar-refractivity contribution in [1.29, 1.82) is 0 Å². The highest BCUT2D eigenvalue weighted by Crippen LogP contribution is 2.48. The quantitative estimate of drug-likeness (QED) is 0.800. The number of benzene rings is 1. The van der Waals surface area contributed by atoms with Gasteiger partial charge in [-0.25, -0.2) is 0 Å². The van der Waals surface area contributed by atoms with Gasteiger partial charge in [0.1, 0.15) is 17.0 Å². The monoisotopic (exact) mass is 247 g/mol. The van der Waals surface area contributed by atoms with Crippen molar-refractivity contribution in [2.24, 2.45) is 5.73 Å². The fourth-order valence-electron chi connectivity index (χ4n) is 3.49. The van der Waals surface area contributed by atoms with E-state index in [0.717, 1.165) is 24.2 Å². The van der Waals surface area contributed by atoms with Crippen molar-refractivity contribution in [3.05, 3.63) is 29.8 Å². The second-order valence-electron chi connectivity index (χ2n) is 5.75. The van der Waals surface area contributed by atoms with Crippen molar-refractivity contribution in [3.8, 4) is 5.75 Å². The van der Waals surface area contributed by atoms with E-state index in [0.29, 0.717) is 6.42 Å². The van der Waals surface area contributed by atoms with Gasteiger partial charge in [0.25, 0.3) is 0 Å². The topological polar surface area (TPSA) is 55.5 Å². The number of ether oxygens (including phenoxy) is 1. The van der Waals surface area contributed by atoms with Crippen LogP contribution in [0.15, 0.2) is 24.3 Å². The lowest BCUT2D eigenvalue weighted by Gasteiger charge is -2.47. The van der Waals surface area contributed by atoms with Crippen LogP contribution in [-0.4, -0.2) is 17.3 Å². The number of aliphatic hydroxyl groups is 1. The summed E-state index contributed by atoms with van der Waals surface area (Å²) in [7, 11) is 0. The summed E-state index contributed by atoms with van der Waals surface area (Å²) < 4.78 is 6.24. The Morgan fingerprint density at radius 2 is 1.89 bits per heavy atom. The first-order chi connectivity index (χ1) is 8.68. The molecule has 1 saturated carbocycles. The summed E-state index contributed by atoms with van der Waals surface area (Å²) in [6, 6.07) is 7.77. The van der Waals surface area contributed by atoms with Crippen LogP contribution in [0.4, 0.5) is 0 Å². The summed E-state index contributed by atoms with van der Waals surface area (Å²) in [5, 5.41) is 10.8. The van der Waals surface area contributed by atoms with Gasteiger partial charge in [0.15, 0.2) is 0 Å². The van der Waals surface area contributed by atoms with E-state index in [1.807, 2.05) is 24.3 Å². The molecule has 3 rings (SSSR count). The summed E-state index contributed by atoms with van der Waals surface area (Å²) >= 11 is 0. The Balaban J connectivity index is 2.02. The Morgan fingerprint density at radius 1 is 1.17 bits per heavy atom. The molecular formula is C15H21NO2. The molecule has 1 spiro atoms. The van der Waals surface area contributed by atoms with Gasteiger partial charge in [0, 0.05) is 18.5 Å². The summed E-state index contributed by atoms with van der Waals surface area (Å²) in [6.45, 7) is 0.259. The van der Waals surface area contributed by atoms with Crippen LogP contribution < -0.4 is 10.5 Å². The predicted molar refractivity (Wildman–Crippen MR) is 70.5 cm³/mol. The van der Waals surface area contributed by atoms with E-state index in [-0.39, 0.29) is 12.1 Å². The first-order valence-electron chi connectivity index (χ1n) is 6.89. The van der Waals surface area contributed by atoms with E-state index >= 15 is 0 Å². The van der Waals surface area contributed by atoms with Crippen LogP contribution in [0.3, 0.4) is 0 Å². The van der Waals surface area contributed by atoms with Gasteiger partial charge in [0.05, 0.1) is 0 Å². The zero-order valence-corrected chi connectivity index (χ0v) is 10.7. The Hall–Kier alpha value is -1.06. The third-order valence-electron chi connectivity index (χ3n) is 4.43. The van der Waals surface area contributed by atoms with Crippen LogP contribution in [0.25, 0.3) is 0 Å². The fraction of sp³-hybridized carbons (Fsp3) is 0.600. The third-order valence-corrected chi connectivity index (χ3v) is 4.43. The van der Waals surface area contributed by atoms with Gasteiger partial charge < -0.3 is 15.6 Å². The molecule has 3 heteroatoms. The van der Waals surface area contributed by atoms with Gasteiger partial charge in [-0.15, -0.1) is 0 Å². The molecule has 1 unspecified atom stereocenters. The molecule has 1 aromatic carbocycles. The van der Waals surface area contributed by atoms with Crippen molar-refractivity contribution in [3.63, 3.8) is 0 Å². The maximum atomic E-state index is 10.8. The Bertz CT molecular complexity index is 440. The van der Waals surface area contributed by atoms with Gasteiger partial charge in [-0.05, 0) is 31.7 Å². The fourth-order valence-corrected chi connectivity index (χ4v) is 3.49. The molecule has 0 amide bonds. The van der Waals surface area contributed by atoms with E-state index < -0.39 is 5.60 Å². The molecule has 1 aliphatic heterocycles. The molecule has 0 radical (unpaired) electrons. The van der Waals surface area contributed by atoms with Crippen molar-refractivity contribution < 1.29 is 9.84 Å². The number of hydrogen-bond acceptors (Lipinski definition) is 3. The Labute approximate surface area is 108 Å². The number of nitrogens with two attached hydrogens (primary N) is 1. The zero-order valence-electron chi connectivity index (χ0n) is 10.7. The number of para-hydroxylation sites is 1. The smallest absolute Gasteiger partial charge is 0.126 e. The lowest BCUT2D eigenvalue weighted by molar-refractivity contribution is -0.0894. The maximum absolute atomic E-state index is 10.8. The number of hydrogen-bond donors (Lipinski definition) is 2. The zero-order chi connectivity index (χ0) is 12.6. The Kier molecular flexibility index (Phi) is 2.83. The molecule has 0 saturated heterocycles. The summed E-state index contributed by atoms with van der Waals surface area (Å²) in [4.78, 5) is 0. The molecule has 3 nitrogen and oxygen atoms in total. The molecule has 0 aromatic heterocycles. The molecule has 1 heterocycles. The minimum atomic E-state index is -0.924. The lowest BCUT2D eigenvalue weighted by Crippen LogP contribution is -2.52. The van der Waals surface area contributed by atoms with Gasteiger partial charge >= 0.3 is 0 Å². The van der Waals surface area contributed by atoms with Gasteiger partial charge in [-0.1, -0.05) is 24.6 Å². The average Bonchev–Trinajstić information content (AvgIpc) is 2.39. The van der Waals surface area contributed by atoms with E-state index in [2.05, 4.69) is 0 Å². The van der Waals surface area contributed by atoms with Gasteiger partial charge in [0.2, 0.25) is 0 Å². The van der Waals surface area contributed by atoms with Crippen LogP contribution in [0, 0.1) is 0 Å². The van der Waals surface area contributed by atoms with Crippen LogP contribution in [0.1, 0.15) is 44.1 Å². The van der Waals surface area contributed by atoms with Gasteiger partial charge in [-0.3, -0.25) is 0 Å². The molecule has 1 aliphatic carbocycles. The average molecular weight is 247 g/mol. The van der Waals surface area contributed by atoms with E-state index in [1.165, 1.54) is 19.3 Å². The highest BCUT2D eigenvalue weighted by Gasteiger charge is 2.48. The standard InChI is InChI=1S/C15H21NO2/c16-11-15(17)10-14(8-4-1-5-9-14)18-13-7-3-2-6-12(13)15/h2-3,6-7,17H,1,4-5,8-11,16H2.